The largest absolute Gasteiger partial charge is 0.497 e. The van der Waals surface area contributed by atoms with E-state index in [0.29, 0.717) is 22.1 Å². The van der Waals surface area contributed by atoms with E-state index < -0.39 is 23.9 Å². The van der Waals surface area contributed by atoms with E-state index in [9.17, 15) is 14.4 Å². The van der Waals surface area contributed by atoms with Crippen molar-refractivity contribution in [1.82, 2.24) is 5.01 Å². The zero-order chi connectivity index (χ0) is 20.5. The zero-order valence-electron chi connectivity index (χ0n) is 15.3. The van der Waals surface area contributed by atoms with Crippen molar-refractivity contribution in [2.75, 3.05) is 23.9 Å². The van der Waals surface area contributed by atoms with Crippen molar-refractivity contribution in [3.8, 4) is 5.75 Å². The average Bonchev–Trinajstić information content (AvgIpc) is 3.23. The van der Waals surface area contributed by atoms with Gasteiger partial charge in [0.05, 0.1) is 12.8 Å². The second-order valence-electron chi connectivity index (χ2n) is 6.46. The van der Waals surface area contributed by atoms with Crippen molar-refractivity contribution in [2.24, 2.45) is 10.3 Å². The van der Waals surface area contributed by atoms with Gasteiger partial charge in [0.25, 0.3) is 11.8 Å². The molecular formula is C19H16ClN5O4. The molecule has 3 amide bonds. The number of nitrogens with zero attached hydrogens (tertiary/aromatic N) is 4. The number of amides is 3. The molecule has 0 bridgehead atoms. The summed E-state index contributed by atoms with van der Waals surface area (Å²) in [5.74, 6) is -0.690. The molecule has 2 aromatic carbocycles. The van der Waals surface area contributed by atoms with Gasteiger partial charge in [0.1, 0.15) is 12.3 Å². The van der Waals surface area contributed by atoms with Gasteiger partial charge in [0.2, 0.25) is 5.91 Å². The molecule has 2 aliphatic rings. The topological polar surface area (TPSA) is 104 Å². The first-order valence-corrected chi connectivity index (χ1v) is 9.10. The molecule has 0 aliphatic carbocycles. The van der Waals surface area contributed by atoms with Gasteiger partial charge in [-0.05, 0) is 48.5 Å². The van der Waals surface area contributed by atoms with Crippen LogP contribution in [0.25, 0.3) is 0 Å². The molecule has 0 saturated carbocycles. The van der Waals surface area contributed by atoms with Crippen LogP contribution in [0.1, 0.15) is 0 Å². The van der Waals surface area contributed by atoms with Crippen LogP contribution in [0.3, 0.4) is 0 Å². The van der Waals surface area contributed by atoms with Gasteiger partial charge in [-0.25, -0.2) is 4.90 Å². The fourth-order valence-corrected chi connectivity index (χ4v) is 3.35. The lowest BCUT2D eigenvalue weighted by atomic mass is 10.1. The van der Waals surface area contributed by atoms with Crippen LogP contribution in [0.15, 0.2) is 58.9 Å². The lowest BCUT2D eigenvalue weighted by Crippen LogP contribution is -2.43. The maximum Gasteiger partial charge on any atom is 0.263 e. The normalized spacial score (nSPS) is 20.2. The van der Waals surface area contributed by atoms with E-state index in [1.54, 1.807) is 55.6 Å². The number of halogens is 1. The van der Waals surface area contributed by atoms with E-state index in [0.717, 1.165) is 4.90 Å². The summed E-state index contributed by atoms with van der Waals surface area (Å²) in [4.78, 5) is 38.9. The van der Waals surface area contributed by atoms with Gasteiger partial charge in [-0.3, -0.25) is 19.4 Å². The number of hydrogen-bond donors (Lipinski definition) is 1. The van der Waals surface area contributed by atoms with E-state index in [-0.39, 0.29) is 12.5 Å². The van der Waals surface area contributed by atoms with Gasteiger partial charge in [-0.1, -0.05) is 16.8 Å². The summed E-state index contributed by atoms with van der Waals surface area (Å²) in [6.45, 7) is -0.218. The van der Waals surface area contributed by atoms with Crippen molar-refractivity contribution in [3.63, 3.8) is 0 Å². The van der Waals surface area contributed by atoms with E-state index in [1.165, 1.54) is 5.01 Å². The van der Waals surface area contributed by atoms with Crippen LogP contribution >= 0.6 is 11.6 Å². The van der Waals surface area contributed by atoms with Gasteiger partial charge in [0.15, 0.2) is 12.1 Å². The number of carbonyl (C=O) groups excluding carboxylic acids is 3. The Kier molecular flexibility index (Phi) is 4.89. The zero-order valence-corrected chi connectivity index (χ0v) is 16.0. The predicted molar refractivity (Wildman–Crippen MR) is 105 cm³/mol. The van der Waals surface area contributed by atoms with E-state index in [2.05, 4.69) is 15.7 Å². The fraction of sp³-hybridized carbons (Fsp3) is 0.211. The Bertz CT molecular complexity index is 993. The molecule has 0 radical (unpaired) electrons. The van der Waals surface area contributed by atoms with Crippen LogP contribution in [0.5, 0.6) is 5.75 Å². The van der Waals surface area contributed by atoms with E-state index in [1.807, 2.05) is 0 Å². The quantitative estimate of drug-likeness (QED) is 0.757. The lowest BCUT2D eigenvalue weighted by molar-refractivity contribution is -0.123. The molecule has 0 unspecified atom stereocenters. The Morgan fingerprint density at radius 2 is 1.79 bits per heavy atom. The SMILES string of the molecule is COc1ccc(NC(=O)CN2N=N[C@@H]3C(=O)N(c4ccc(Cl)cc4)C(=O)[C@@H]32)cc1. The average molecular weight is 414 g/mol. The van der Waals surface area contributed by atoms with Crippen LogP contribution in [-0.4, -0.2) is 48.5 Å². The monoisotopic (exact) mass is 413 g/mol. The van der Waals surface area contributed by atoms with Crippen LogP contribution in [0, 0.1) is 0 Å². The molecule has 148 valence electrons. The molecule has 4 rings (SSSR count). The first-order valence-electron chi connectivity index (χ1n) is 8.72. The summed E-state index contributed by atoms with van der Waals surface area (Å²) in [7, 11) is 1.55. The van der Waals surface area contributed by atoms with E-state index >= 15 is 0 Å². The second-order valence-corrected chi connectivity index (χ2v) is 6.89. The molecule has 2 atom stereocenters. The molecule has 10 heteroatoms. The number of ether oxygens (including phenoxy) is 1. The van der Waals surface area contributed by atoms with E-state index in [4.69, 9.17) is 16.3 Å². The summed E-state index contributed by atoms with van der Waals surface area (Å²) < 4.78 is 5.07. The second kappa shape index (κ2) is 7.51. The first-order chi connectivity index (χ1) is 14.0. The summed E-state index contributed by atoms with van der Waals surface area (Å²) in [5, 5.41) is 12.2. The van der Waals surface area contributed by atoms with Crippen LogP contribution in [-0.2, 0) is 14.4 Å². The minimum Gasteiger partial charge on any atom is -0.497 e. The highest BCUT2D eigenvalue weighted by atomic mass is 35.5. The highest BCUT2D eigenvalue weighted by Crippen LogP contribution is 2.32. The van der Waals surface area contributed by atoms with Gasteiger partial charge in [-0.15, -0.1) is 0 Å². The lowest BCUT2D eigenvalue weighted by Gasteiger charge is -2.20. The summed E-state index contributed by atoms with van der Waals surface area (Å²) in [6.07, 6.45) is 0. The molecule has 2 heterocycles. The number of carbonyl (C=O) groups is 3. The number of nitrogens with one attached hydrogen (secondary N) is 1. The Labute approximate surface area is 170 Å². The van der Waals surface area contributed by atoms with Crippen molar-refractivity contribution < 1.29 is 19.1 Å². The summed E-state index contributed by atoms with van der Waals surface area (Å²) >= 11 is 5.87. The number of imide groups is 1. The molecule has 2 aromatic rings. The highest BCUT2D eigenvalue weighted by Gasteiger charge is 2.55. The number of anilines is 2. The molecule has 1 N–H and O–H groups in total. The maximum atomic E-state index is 12.9. The molecule has 0 aromatic heterocycles. The number of hydrogen-bond acceptors (Lipinski definition) is 7. The predicted octanol–water partition coefficient (Wildman–Crippen LogP) is 2.28. The number of fused-ring (bicyclic) bond motifs is 1. The number of benzene rings is 2. The molecule has 9 nitrogen and oxygen atoms in total. The highest BCUT2D eigenvalue weighted by molar-refractivity contribution is 6.31. The standard InChI is InChI=1S/C19H16ClN5O4/c1-29-14-8-4-12(5-9-14)21-15(26)10-24-17-16(22-23-24)18(27)25(19(17)28)13-6-2-11(20)3-7-13/h2-9,16-17H,10H2,1H3,(H,21,26)/t16-,17+/m0/s1. The Morgan fingerprint density at radius 1 is 1.10 bits per heavy atom. The fourth-order valence-electron chi connectivity index (χ4n) is 3.22. The molecule has 1 fully saturated rings. The van der Waals surface area contributed by atoms with Crippen LogP contribution in [0.2, 0.25) is 5.02 Å². The Hall–Kier alpha value is -3.46. The van der Waals surface area contributed by atoms with Crippen molar-refractivity contribution in [3.05, 3.63) is 53.6 Å². The maximum absolute atomic E-state index is 12.9. The number of rotatable bonds is 5. The van der Waals surface area contributed by atoms with Gasteiger partial charge in [0, 0.05) is 10.7 Å². The van der Waals surface area contributed by atoms with Gasteiger partial charge >= 0.3 is 0 Å². The molecule has 2 aliphatic heterocycles. The van der Waals surface area contributed by atoms with Crippen LogP contribution < -0.4 is 15.0 Å². The van der Waals surface area contributed by atoms with Crippen molar-refractivity contribution in [2.45, 2.75) is 12.1 Å². The third kappa shape index (κ3) is 3.52. The summed E-state index contributed by atoms with van der Waals surface area (Å²) in [5.41, 5.74) is 0.969. The van der Waals surface area contributed by atoms with Crippen molar-refractivity contribution in [1.29, 1.82) is 0 Å². The summed E-state index contributed by atoms with van der Waals surface area (Å²) in [6, 6.07) is 11.2. The minimum absolute atomic E-state index is 0.218. The Balaban J connectivity index is 1.45. The van der Waals surface area contributed by atoms with Crippen molar-refractivity contribution >= 4 is 40.7 Å². The number of methoxy groups -OCH3 is 1. The third-order valence-electron chi connectivity index (χ3n) is 4.62. The first kappa shape index (κ1) is 18.9. The smallest absolute Gasteiger partial charge is 0.263 e. The minimum atomic E-state index is -0.966. The van der Waals surface area contributed by atoms with Crippen LogP contribution in [0.4, 0.5) is 11.4 Å². The third-order valence-corrected chi connectivity index (χ3v) is 4.87. The van der Waals surface area contributed by atoms with Gasteiger partial charge < -0.3 is 10.1 Å². The molecule has 0 spiro atoms. The Morgan fingerprint density at radius 3 is 2.45 bits per heavy atom. The molecular weight excluding hydrogens is 398 g/mol. The molecule has 1 saturated heterocycles. The van der Waals surface area contributed by atoms with Gasteiger partial charge in [-0.2, -0.15) is 5.11 Å². The molecule has 29 heavy (non-hydrogen) atoms.